The van der Waals surface area contributed by atoms with Crippen molar-refractivity contribution in [2.45, 2.75) is 0 Å². The number of hydrogen-bond donors (Lipinski definition) is 0. The summed E-state index contributed by atoms with van der Waals surface area (Å²) in [4.78, 5) is 12.1. The minimum Gasteiger partial charge on any atom is -0.442 e. The minimum atomic E-state index is -0.00935. The molecule has 0 radical (unpaired) electrons. The van der Waals surface area contributed by atoms with Crippen LogP contribution in [0.25, 0.3) is 10.8 Å². The van der Waals surface area contributed by atoms with Crippen molar-refractivity contribution < 1.29 is 14.1 Å². The molecule has 0 heterocycles. The van der Waals surface area contributed by atoms with Crippen LogP contribution in [-0.4, -0.2) is 37.5 Å². The summed E-state index contributed by atoms with van der Waals surface area (Å²) in [5.41, 5.74) is 0.709. The van der Waals surface area contributed by atoms with Crippen LogP contribution in [0.3, 0.4) is 0 Å². The number of nitrogens with zero attached hydrogens (tertiary/aromatic N) is 1. The van der Waals surface area contributed by atoms with Crippen LogP contribution in [0.4, 0.5) is 0 Å². The molecule has 18 heavy (non-hydrogen) atoms. The van der Waals surface area contributed by atoms with Crippen LogP contribution in [0.1, 0.15) is 10.4 Å². The molecule has 0 amide bonds. The van der Waals surface area contributed by atoms with Gasteiger partial charge in [-0.05, 0) is 10.8 Å². The molecule has 0 aromatic heterocycles. The van der Waals surface area contributed by atoms with Crippen LogP contribution in [0.15, 0.2) is 42.5 Å². The normalized spacial score (nSPS) is 10.1. The lowest BCUT2D eigenvalue weighted by atomic mass is 10.0. The van der Waals surface area contributed by atoms with Crippen LogP contribution in [0, 0.1) is 0 Å². The molecular formula is C15H16NO2+. The summed E-state index contributed by atoms with van der Waals surface area (Å²) in [6.07, 6.45) is 1.53. The van der Waals surface area contributed by atoms with E-state index in [9.17, 15) is 4.79 Å². The first-order valence-corrected chi connectivity index (χ1v) is 5.81. The minimum absolute atomic E-state index is 0.00935. The molecule has 3 nitrogen and oxygen atoms in total. The predicted octanol–water partition coefficient (Wildman–Crippen LogP) is 2.34. The summed E-state index contributed by atoms with van der Waals surface area (Å²) < 4.78 is 6.97. The monoisotopic (exact) mass is 242 g/mol. The van der Waals surface area contributed by atoms with E-state index in [0.717, 1.165) is 10.8 Å². The van der Waals surface area contributed by atoms with Gasteiger partial charge in [0.25, 0.3) is 0 Å². The fourth-order valence-electron chi connectivity index (χ4n) is 1.81. The van der Waals surface area contributed by atoms with E-state index in [4.69, 9.17) is 4.74 Å². The summed E-state index contributed by atoms with van der Waals surface area (Å²) in [7, 11) is 3.70. The van der Waals surface area contributed by atoms with Gasteiger partial charge in [0.2, 0.25) is 5.78 Å². The number of benzene rings is 2. The zero-order chi connectivity index (χ0) is 13.0. The summed E-state index contributed by atoms with van der Waals surface area (Å²) >= 11 is 0. The van der Waals surface area contributed by atoms with E-state index in [0.29, 0.717) is 5.56 Å². The molecule has 0 bridgehead atoms. The maximum absolute atomic E-state index is 12.1. The molecule has 2 rings (SSSR count). The van der Waals surface area contributed by atoms with E-state index in [1.165, 1.54) is 6.40 Å². The lowest BCUT2D eigenvalue weighted by molar-refractivity contribution is -0.468. The Kier molecular flexibility index (Phi) is 3.72. The average Bonchev–Trinajstić information content (AvgIpc) is 2.37. The number of carbonyl (C=O) groups is 1. The maximum Gasteiger partial charge on any atom is 0.323 e. The molecule has 0 saturated heterocycles. The van der Waals surface area contributed by atoms with E-state index >= 15 is 0 Å². The Morgan fingerprint density at radius 3 is 2.67 bits per heavy atom. The number of ether oxygens (including phenoxy) is 1. The van der Waals surface area contributed by atoms with Crippen LogP contribution < -0.4 is 0 Å². The van der Waals surface area contributed by atoms with Crippen LogP contribution in [0.5, 0.6) is 0 Å². The van der Waals surface area contributed by atoms with Gasteiger partial charge in [-0.3, -0.25) is 4.79 Å². The average molecular weight is 242 g/mol. The first-order valence-electron chi connectivity index (χ1n) is 5.81. The molecule has 0 spiro atoms. The van der Waals surface area contributed by atoms with E-state index < -0.39 is 0 Å². The van der Waals surface area contributed by atoms with Gasteiger partial charge in [-0.25, -0.2) is 4.58 Å². The third kappa shape index (κ3) is 2.74. The van der Waals surface area contributed by atoms with Crippen LogP contribution in [-0.2, 0) is 4.74 Å². The summed E-state index contributed by atoms with van der Waals surface area (Å²) in [6, 6.07) is 13.6. The largest absolute Gasteiger partial charge is 0.442 e. The van der Waals surface area contributed by atoms with Crippen molar-refractivity contribution in [3.63, 3.8) is 0 Å². The van der Waals surface area contributed by atoms with E-state index in [1.54, 1.807) is 4.58 Å². The highest BCUT2D eigenvalue weighted by Crippen LogP contribution is 2.18. The molecular weight excluding hydrogens is 226 g/mol. The van der Waals surface area contributed by atoms with Crippen molar-refractivity contribution in [1.29, 1.82) is 0 Å². The third-order valence-electron chi connectivity index (χ3n) is 2.59. The highest BCUT2D eigenvalue weighted by atomic mass is 16.5. The number of carbonyl (C=O) groups excluding carboxylic acids is 1. The molecule has 0 aliphatic rings. The molecule has 0 unspecified atom stereocenters. The number of rotatable bonds is 4. The number of hydrogen-bond acceptors (Lipinski definition) is 2. The van der Waals surface area contributed by atoms with Gasteiger partial charge >= 0.3 is 6.40 Å². The topological polar surface area (TPSA) is 29.3 Å². The highest BCUT2D eigenvalue weighted by Gasteiger charge is 2.09. The lowest BCUT2D eigenvalue weighted by Crippen LogP contribution is -2.12. The smallest absolute Gasteiger partial charge is 0.323 e. The Bertz CT molecular complexity index is 593. The van der Waals surface area contributed by atoms with Gasteiger partial charge in [0, 0.05) is 5.56 Å². The van der Waals surface area contributed by atoms with Crippen molar-refractivity contribution in [3.8, 4) is 0 Å². The fourth-order valence-corrected chi connectivity index (χ4v) is 1.81. The zero-order valence-corrected chi connectivity index (χ0v) is 10.6. The van der Waals surface area contributed by atoms with Crippen molar-refractivity contribution in [2.24, 2.45) is 0 Å². The Hall–Kier alpha value is -2.16. The Morgan fingerprint density at radius 1 is 1.17 bits per heavy atom. The van der Waals surface area contributed by atoms with Crippen molar-refractivity contribution >= 4 is 23.0 Å². The Balaban J connectivity index is 2.25. The molecule has 3 heteroatoms. The summed E-state index contributed by atoms with van der Waals surface area (Å²) in [6.45, 7) is 0.0617. The predicted molar refractivity (Wildman–Crippen MR) is 72.4 cm³/mol. The first kappa shape index (κ1) is 12.3. The van der Waals surface area contributed by atoms with E-state index in [1.807, 2.05) is 56.6 Å². The van der Waals surface area contributed by atoms with Crippen LogP contribution >= 0.6 is 0 Å². The lowest BCUT2D eigenvalue weighted by Gasteiger charge is -2.04. The van der Waals surface area contributed by atoms with Crippen molar-refractivity contribution in [1.82, 2.24) is 0 Å². The second-order valence-corrected chi connectivity index (χ2v) is 4.33. The zero-order valence-electron chi connectivity index (χ0n) is 10.6. The summed E-state index contributed by atoms with van der Waals surface area (Å²) in [5.74, 6) is -0.00935. The molecule has 92 valence electrons. The van der Waals surface area contributed by atoms with Gasteiger partial charge in [0.05, 0.1) is 0 Å². The molecule has 2 aromatic carbocycles. The number of ketones is 1. The van der Waals surface area contributed by atoms with Crippen molar-refractivity contribution in [2.75, 3.05) is 20.7 Å². The van der Waals surface area contributed by atoms with Gasteiger partial charge in [0.1, 0.15) is 14.1 Å². The molecule has 2 aromatic rings. The standard InChI is InChI=1S/C15H16NO2/c1-16(2)11-18-10-15(17)14-9-5-7-12-6-3-4-8-13(12)14/h3-9,11H,10H2,1-2H3/q+1. The Labute approximate surface area is 106 Å². The number of fused-ring (bicyclic) bond motifs is 1. The van der Waals surface area contributed by atoms with Gasteiger partial charge in [0.15, 0.2) is 6.61 Å². The highest BCUT2D eigenvalue weighted by molar-refractivity contribution is 6.08. The quantitative estimate of drug-likeness (QED) is 0.356. The van der Waals surface area contributed by atoms with E-state index in [-0.39, 0.29) is 12.4 Å². The second-order valence-electron chi connectivity index (χ2n) is 4.33. The SMILES string of the molecule is C[N+](C)=COCC(=O)c1cccc2ccccc12. The molecule has 0 fully saturated rings. The van der Waals surface area contributed by atoms with E-state index in [2.05, 4.69) is 0 Å². The number of Topliss-reactive ketones (excluding diaryl/α,β-unsaturated/α-hetero) is 1. The molecule has 0 aliphatic carbocycles. The fraction of sp³-hybridized carbons (Fsp3) is 0.200. The second kappa shape index (κ2) is 5.45. The van der Waals surface area contributed by atoms with Gasteiger partial charge in [-0.1, -0.05) is 42.5 Å². The van der Waals surface area contributed by atoms with Crippen molar-refractivity contribution in [3.05, 3.63) is 48.0 Å². The van der Waals surface area contributed by atoms with Crippen LogP contribution in [0.2, 0.25) is 0 Å². The first-order chi connectivity index (χ1) is 8.68. The van der Waals surface area contributed by atoms with Gasteiger partial charge in [-0.2, -0.15) is 0 Å². The van der Waals surface area contributed by atoms with Gasteiger partial charge in [-0.15, -0.1) is 0 Å². The van der Waals surface area contributed by atoms with Gasteiger partial charge < -0.3 is 4.74 Å². The molecule has 0 N–H and O–H groups in total. The molecule has 0 atom stereocenters. The maximum atomic E-state index is 12.1. The third-order valence-corrected chi connectivity index (χ3v) is 2.59. The summed E-state index contributed by atoms with van der Waals surface area (Å²) in [5, 5.41) is 2.04. The molecule has 0 aliphatic heterocycles. The Morgan fingerprint density at radius 2 is 1.89 bits per heavy atom. The molecule has 0 saturated carbocycles.